The van der Waals surface area contributed by atoms with Gasteiger partial charge in [0, 0.05) is 35.4 Å². The Balaban J connectivity index is 1.53. The number of carbonyl (C=O) groups excluding carboxylic acids is 1. The van der Waals surface area contributed by atoms with Crippen LogP contribution in [0, 0.1) is 6.92 Å². The molecule has 1 amide bonds. The number of hydrogen-bond donors (Lipinski definition) is 1. The number of amides is 1. The fourth-order valence-electron chi connectivity index (χ4n) is 2.60. The van der Waals surface area contributed by atoms with Crippen molar-refractivity contribution in [3.8, 4) is 11.3 Å². The molecule has 2 aromatic carbocycles. The van der Waals surface area contributed by atoms with Crippen LogP contribution in [0.2, 0.25) is 0 Å². The minimum Gasteiger partial charge on any atom is -0.322 e. The number of rotatable bonds is 3. The molecule has 0 aliphatic heterocycles. The predicted molar refractivity (Wildman–Crippen MR) is 97.6 cm³/mol. The molecule has 0 bridgehead atoms. The number of nitrogens with zero attached hydrogens (tertiary/aromatic N) is 3. The van der Waals surface area contributed by atoms with Gasteiger partial charge in [0.25, 0.3) is 5.91 Å². The van der Waals surface area contributed by atoms with Gasteiger partial charge in [-0.05, 0) is 37.3 Å². The van der Waals surface area contributed by atoms with Gasteiger partial charge in [-0.15, -0.1) is 0 Å². The van der Waals surface area contributed by atoms with Gasteiger partial charge in [0.05, 0.1) is 5.69 Å². The molecule has 4 rings (SSSR count). The minimum absolute atomic E-state index is 0.121. The van der Waals surface area contributed by atoms with E-state index in [2.05, 4.69) is 15.3 Å². The summed E-state index contributed by atoms with van der Waals surface area (Å²) >= 11 is 0. The smallest absolute Gasteiger partial charge is 0.255 e. The second-order valence-electron chi connectivity index (χ2n) is 5.85. The van der Waals surface area contributed by atoms with Gasteiger partial charge in [0.2, 0.25) is 5.78 Å². The summed E-state index contributed by atoms with van der Waals surface area (Å²) in [6.45, 7) is 2.00. The Morgan fingerprint density at radius 2 is 1.80 bits per heavy atom. The fraction of sp³-hybridized carbons (Fsp3) is 0.0500. The Hall–Kier alpha value is -3.47. The van der Waals surface area contributed by atoms with Gasteiger partial charge >= 0.3 is 0 Å². The van der Waals surface area contributed by atoms with E-state index >= 15 is 0 Å². The Kier molecular flexibility index (Phi) is 3.74. The maximum absolute atomic E-state index is 12.3. The molecule has 0 atom stereocenters. The first-order valence-electron chi connectivity index (χ1n) is 7.97. The van der Waals surface area contributed by atoms with Crippen molar-refractivity contribution in [2.24, 2.45) is 0 Å². The van der Waals surface area contributed by atoms with Crippen LogP contribution in [0.5, 0.6) is 0 Å². The zero-order valence-electron chi connectivity index (χ0n) is 13.7. The number of aryl methyl sites for hydroxylation is 1. The van der Waals surface area contributed by atoms with Crippen LogP contribution in [0.15, 0.2) is 73.2 Å². The van der Waals surface area contributed by atoms with Crippen LogP contribution in [0.1, 0.15) is 15.9 Å². The molecule has 2 aromatic heterocycles. The molecule has 122 valence electrons. The molecule has 2 heterocycles. The molecule has 5 heteroatoms. The number of anilines is 1. The van der Waals surface area contributed by atoms with E-state index in [0.717, 1.165) is 22.5 Å². The summed E-state index contributed by atoms with van der Waals surface area (Å²) < 4.78 is 1.88. The maximum Gasteiger partial charge on any atom is 0.255 e. The summed E-state index contributed by atoms with van der Waals surface area (Å²) in [5.41, 5.74) is 4.33. The molecular weight excluding hydrogens is 312 g/mol. The molecule has 0 saturated heterocycles. The average Bonchev–Trinajstić information content (AvgIpc) is 3.07. The monoisotopic (exact) mass is 328 g/mol. The zero-order chi connectivity index (χ0) is 17.2. The molecule has 0 fully saturated rings. The Bertz CT molecular complexity index is 1000. The summed E-state index contributed by atoms with van der Waals surface area (Å²) in [4.78, 5) is 21.0. The molecule has 5 nitrogen and oxygen atoms in total. The molecule has 1 N–H and O–H groups in total. The van der Waals surface area contributed by atoms with Crippen LogP contribution in [-0.4, -0.2) is 20.3 Å². The van der Waals surface area contributed by atoms with Crippen molar-refractivity contribution in [2.75, 3.05) is 5.32 Å². The molecule has 0 spiro atoms. The lowest BCUT2D eigenvalue weighted by molar-refractivity contribution is 0.102. The second-order valence-corrected chi connectivity index (χ2v) is 5.85. The maximum atomic E-state index is 12.3. The highest BCUT2D eigenvalue weighted by Gasteiger charge is 2.07. The first kappa shape index (κ1) is 15.1. The summed E-state index contributed by atoms with van der Waals surface area (Å²) in [6, 6.07) is 17.0. The fourth-order valence-corrected chi connectivity index (χ4v) is 2.60. The van der Waals surface area contributed by atoms with E-state index in [1.807, 2.05) is 78.3 Å². The van der Waals surface area contributed by atoms with E-state index in [9.17, 15) is 4.79 Å². The number of carbonyl (C=O) groups is 1. The molecule has 0 aliphatic rings. The summed E-state index contributed by atoms with van der Waals surface area (Å²) in [6.07, 6.45) is 5.56. The molecular formula is C20H16N4O. The van der Waals surface area contributed by atoms with Crippen molar-refractivity contribution in [2.45, 2.75) is 6.92 Å². The molecule has 4 aromatic rings. The van der Waals surface area contributed by atoms with Gasteiger partial charge < -0.3 is 5.32 Å². The normalized spacial score (nSPS) is 10.8. The van der Waals surface area contributed by atoms with Crippen molar-refractivity contribution >= 4 is 17.4 Å². The standard InChI is InChI=1S/C20H16N4O/c1-14-3-5-16(6-4-14)19(25)22-17-9-7-15(8-10-17)18-13-24-12-2-11-21-20(24)23-18/h2-13H,1H3,(H,22,25). The van der Waals surface area contributed by atoms with Crippen molar-refractivity contribution in [1.29, 1.82) is 0 Å². The molecule has 0 aliphatic carbocycles. The highest BCUT2D eigenvalue weighted by atomic mass is 16.1. The Morgan fingerprint density at radius 1 is 1.04 bits per heavy atom. The molecule has 0 radical (unpaired) electrons. The van der Waals surface area contributed by atoms with Crippen molar-refractivity contribution in [1.82, 2.24) is 14.4 Å². The first-order chi connectivity index (χ1) is 12.2. The SMILES string of the molecule is Cc1ccc(C(=O)Nc2ccc(-c3cn4cccnc4n3)cc2)cc1. The van der Waals surface area contributed by atoms with Crippen LogP contribution >= 0.6 is 0 Å². The summed E-state index contributed by atoms with van der Waals surface area (Å²) in [5.74, 6) is 0.541. The first-order valence-corrected chi connectivity index (χ1v) is 7.97. The topological polar surface area (TPSA) is 59.3 Å². The predicted octanol–water partition coefficient (Wildman–Crippen LogP) is 3.96. The quantitative estimate of drug-likeness (QED) is 0.619. The summed E-state index contributed by atoms with van der Waals surface area (Å²) in [5, 5.41) is 2.91. The third-order valence-corrected chi connectivity index (χ3v) is 3.99. The van der Waals surface area contributed by atoms with Gasteiger partial charge in [0.1, 0.15) is 0 Å². The zero-order valence-corrected chi connectivity index (χ0v) is 13.7. The number of benzene rings is 2. The second kappa shape index (κ2) is 6.20. The van der Waals surface area contributed by atoms with Gasteiger partial charge in [0.15, 0.2) is 0 Å². The van der Waals surface area contributed by atoms with Crippen LogP contribution < -0.4 is 5.32 Å². The lowest BCUT2D eigenvalue weighted by Gasteiger charge is -2.06. The lowest BCUT2D eigenvalue weighted by Crippen LogP contribution is -2.11. The van der Waals surface area contributed by atoms with Crippen LogP contribution in [0.25, 0.3) is 17.0 Å². The highest BCUT2D eigenvalue weighted by molar-refractivity contribution is 6.04. The van der Waals surface area contributed by atoms with Crippen molar-refractivity contribution < 1.29 is 4.79 Å². The average molecular weight is 328 g/mol. The number of aromatic nitrogens is 3. The van der Waals surface area contributed by atoms with Gasteiger partial charge in [-0.25, -0.2) is 9.97 Å². The van der Waals surface area contributed by atoms with Gasteiger partial charge in [-0.2, -0.15) is 0 Å². The van der Waals surface area contributed by atoms with Crippen LogP contribution in [0.4, 0.5) is 5.69 Å². The van der Waals surface area contributed by atoms with Gasteiger partial charge in [-0.1, -0.05) is 29.8 Å². The third-order valence-electron chi connectivity index (χ3n) is 3.99. The van der Waals surface area contributed by atoms with E-state index < -0.39 is 0 Å². The Morgan fingerprint density at radius 3 is 2.52 bits per heavy atom. The number of imidazole rings is 1. The van der Waals surface area contributed by atoms with E-state index in [-0.39, 0.29) is 5.91 Å². The van der Waals surface area contributed by atoms with E-state index in [1.165, 1.54) is 0 Å². The van der Waals surface area contributed by atoms with Crippen LogP contribution in [-0.2, 0) is 0 Å². The van der Waals surface area contributed by atoms with E-state index in [4.69, 9.17) is 0 Å². The van der Waals surface area contributed by atoms with Crippen molar-refractivity contribution in [3.63, 3.8) is 0 Å². The lowest BCUT2D eigenvalue weighted by atomic mass is 10.1. The highest BCUT2D eigenvalue weighted by Crippen LogP contribution is 2.21. The van der Waals surface area contributed by atoms with Crippen molar-refractivity contribution in [3.05, 3.63) is 84.3 Å². The van der Waals surface area contributed by atoms with E-state index in [0.29, 0.717) is 11.3 Å². The summed E-state index contributed by atoms with van der Waals surface area (Å²) in [7, 11) is 0. The molecule has 25 heavy (non-hydrogen) atoms. The number of hydrogen-bond acceptors (Lipinski definition) is 3. The van der Waals surface area contributed by atoms with E-state index in [1.54, 1.807) is 6.20 Å². The minimum atomic E-state index is -0.121. The number of fused-ring (bicyclic) bond motifs is 1. The molecule has 0 saturated carbocycles. The Labute approximate surface area is 145 Å². The largest absolute Gasteiger partial charge is 0.322 e. The molecule has 0 unspecified atom stereocenters. The van der Waals surface area contributed by atoms with Crippen LogP contribution in [0.3, 0.4) is 0 Å². The number of nitrogens with one attached hydrogen (secondary N) is 1. The third kappa shape index (κ3) is 3.12. The van der Waals surface area contributed by atoms with Gasteiger partial charge in [-0.3, -0.25) is 9.20 Å².